The molecule has 1 aliphatic rings. The third-order valence-corrected chi connectivity index (χ3v) is 3.04. The summed E-state index contributed by atoms with van der Waals surface area (Å²) in [5.74, 6) is 0.450. The summed E-state index contributed by atoms with van der Waals surface area (Å²) >= 11 is 2.21. The molecule has 3 nitrogen and oxygen atoms in total. The normalized spacial score (nSPS) is 16.9. The molecule has 0 radical (unpaired) electrons. The van der Waals surface area contributed by atoms with E-state index in [0.29, 0.717) is 0 Å². The van der Waals surface area contributed by atoms with Gasteiger partial charge >= 0.3 is 5.97 Å². The van der Waals surface area contributed by atoms with Gasteiger partial charge < -0.3 is 9.47 Å². The van der Waals surface area contributed by atoms with Crippen LogP contribution in [-0.2, 0) is 9.53 Å². The zero-order valence-corrected chi connectivity index (χ0v) is 10.5. The minimum Gasteiger partial charge on any atom is -0.476 e. The van der Waals surface area contributed by atoms with Gasteiger partial charge in [-0.3, -0.25) is 0 Å². The molecule has 0 N–H and O–H groups in total. The monoisotopic (exact) mass is 318 g/mol. The van der Waals surface area contributed by atoms with E-state index < -0.39 is 5.60 Å². The standard InChI is InChI=1S/C11H11IO3/c1-14-10(13)11(5-6-11)15-9-4-2-3-8(12)7-9/h2-4,7H,5-6H2,1H3. The molecule has 2 rings (SSSR count). The highest BCUT2D eigenvalue weighted by atomic mass is 127. The number of benzene rings is 1. The number of hydrogen-bond acceptors (Lipinski definition) is 3. The molecule has 0 heterocycles. The summed E-state index contributed by atoms with van der Waals surface area (Å²) in [4.78, 5) is 11.4. The van der Waals surface area contributed by atoms with Gasteiger partial charge in [-0.25, -0.2) is 4.79 Å². The number of halogens is 1. The minimum atomic E-state index is -0.709. The van der Waals surface area contributed by atoms with Crippen molar-refractivity contribution < 1.29 is 14.3 Å². The summed E-state index contributed by atoms with van der Waals surface area (Å²) in [6.45, 7) is 0. The van der Waals surface area contributed by atoms with Crippen molar-refractivity contribution in [2.24, 2.45) is 0 Å². The summed E-state index contributed by atoms with van der Waals surface area (Å²) in [7, 11) is 1.39. The Morgan fingerprint density at radius 3 is 2.73 bits per heavy atom. The van der Waals surface area contributed by atoms with E-state index in [0.717, 1.165) is 22.2 Å². The lowest BCUT2D eigenvalue weighted by molar-refractivity contribution is -0.151. The molecule has 0 aromatic heterocycles. The highest BCUT2D eigenvalue weighted by molar-refractivity contribution is 14.1. The van der Waals surface area contributed by atoms with E-state index in [4.69, 9.17) is 9.47 Å². The number of methoxy groups -OCH3 is 1. The molecule has 0 spiro atoms. The number of esters is 1. The van der Waals surface area contributed by atoms with Gasteiger partial charge in [0.1, 0.15) is 5.75 Å². The van der Waals surface area contributed by atoms with Crippen LogP contribution in [0.5, 0.6) is 5.75 Å². The second-order valence-electron chi connectivity index (χ2n) is 3.55. The Morgan fingerprint density at radius 1 is 1.47 bits per heavy atom. The van der Waals surface area contributed by atoms with Gasteiger partial charge in [-0.1, -0.05) is 6.07 Å². The number of hydrogen-bond donors (Lipinski definition) is 0. The Kier molecular flexibility index (Phi) is 2.86. The fourth-order valence-electron chi connectivity index (χ4n) is 1.40. The lowest BCUT2D eigenvalue weighted by Gasteiger charge is -2.15. The van der Waals surface area contributed by atoms with Crippen LogP contribution in [0.15, 0.2) is 24.3 Å². The summed E-state index contributed by atoms with van der Waals surface area (Å²) in [6.07, 6.45) is 1.48. The molecule has 0 amide bonds. The first-order chi connectivity index (χ1) is 7.16. The number of ether oxygens (including phenoxy) is 2. The fraction of sp³-hybridized carbons (Fsp3) is 0.364. The number of carbonyl (C=O) groups excluding carboxylic acids is 1. The molecule has 0 unspecified atom stereocenters. The molecule has 1 aliphatic carbocycles. The molecule has 0 aliphatic heterocycles. The Morgan fingerprint density at radius 2 is 2.20 bits per heavy atom. The van der Waals surface area contributed by atoms with E-state index in [1.54, 1.807) is 0 Å². The van der Waals surface area contributed by atoms with E-state index in [1.807, 2.05) is 24.3 Å². The molecular formula is C11H11IO3. The lowest BCUT2D eigenvalue weighted by Crippen LogP contribution is -2.30. The quantitative estimate of drug-likeness (QED) is 0.634. The molecule has 15 heavy (non-hydrogen) atoms. The molecule has 0 saturated heterocycles. The van der Waals surface area contributed by atoms with Crippen molar-refractivity contribution >= 4 is 28.6 Å². The molecule has 80 valence electrons. The van der Waals surface area contributed by atoms with Crippen LogP contribution in [0, 0.1) is 3.57 Å². The van der Waals surface area contributed by atoms with Gasteiger partial charge in [0.25, 0.3) is 0 Å². The average Bonchev–Trinajstić information content (AvgIpc) is 2.98. The first-order valence-corrected chi connectivity index (χ1v) is 5.77. The maximum absolute atomic E-state index is 11.4. The predicted molar refractivity (Wildman–Crippen MR) is 63.8 cm³/mol. The van der Waals surface area contributed by atoms with Crippen LogP contribution in [0.2, 0.25) is 0 Å². The summed E-state index contributed by atoms with van der Waals surface area (Å²) < 4.78 is 11.5. The number of rotatable bonds is 3. The maximum atomic E-state index is 11.4. The Hall–Kier alpha value is -0.780. The van der Waals surface area contributed by atoms with Gasteiger partial charge in [-0.15, -0.1) is 0 Å². The molecular weight excluding hydrogens is 307 g/mol. The highest BCUT2D eigenvalue weighted by Gasteiger charge is 2.54. The van der Waals surface area contributed by atoms with E-state index in [1.165, 1.54) is 7.11 Å². The predicted octanol–water partition coefficient (Wildman–Crippen LogP) is 2.38. The molecule has 1 aromatic rings. The maximum Gasteiger partial charge on any atom is 0.350 e. The molecule has 1 saturated carbocycles. The van der Waals surface area contributed by atoms with Crippen LogP contribution >= 0.6 is 22.6 Å². The molecule has 1 aromatic carbocycles. The van der Waals surface area contributed by atoms with Crippen LogP contribution < -0.4 is 4.74 Å². The molecule has 1 fully saturated rings. The van der Waals surface area contributed by atoms with Crippen LogP contribution in [-0.4, -0.2) is 18.7 Å². The summed E-state index contributed by atoms with van der Waals surface area (Å²) in [6, 6.07) is 7.64. The van der Waals surface area contributed by atoms with Gasteiger partial charge in [-0.05, 0) is 40.8 Å². The lowest BCUT2D eigenvalue weighted by atomic mass is 10.3. The SMILES string of the molecule is COC(=O)C1(Oc2cccc(I)c2)CC1. The van der Waals surface area contributed by atoms with Gasteiger partial charge in [0.2, 0.25) is 5.60 Å². The Balaban J connectivity index is 2.12. The van der Waals surface area contributed by atoms with E-state index in [2.05, 4.69) is 22.6 Å². The van der Waals surface area contributed by atoms with Crippen LogP contribution in [0.25, 0.3) is 0 Å². The Bertz CT molecular complexity index is 385. The van der Waals surface area contributed by atoms with Gasteiger partial charge in [0.05, 0.1) is 7.11 Å². The second-order valence-corrected chi connectivity index (χ2v) is 4.79. The third kappa shape index (κ3) is 2.25. The van der Waals surface area contributed by atoms with Crippen molar-refractivity contribution in [3.05, 3.63) is 27.8 Å². The van der Waals surface area contributed by atoms with Crippen LogP contribution in [0.1, 0.15) is 12.8 Å². The molecule has 0 bridgehead atoms. The van der Waals surface area contributed by atoms with Gasteiger partial charge in [0.15, 0.2) is 0 Å². The molecule has 4 heteroatoms. The van der Waals surface area contributed by atoms with E-state index in [9.17, 15) is 4.79 Å². The van der Waals surface area contributed by atoms with Crippen molar-refractivity contribution in [2.75, 3.05) is 7.11 Å². The first-order valence-electron chi connectivity index (χ1n) is 4.69. The van der Waals surface area contributed by atoms with Gasteiger partial charge in [-0.2, -0.15) is 0 Å². The smallest absolute Gasteiger partial charge is 0.350 e. The van der Waals surface area contributed by atoms with Crippen molar-refractivity contribution in [1.29, 1.82) is 0 Å². The fourth-order valence-corrected chi connectivity index (χ4v) is 1.92. The van der Waals surface area contributed by atoms with Crippen LogP contribution in [0.4, 0.5) is 0 Å². The topological polar surface area (TPSA) is 35.5 Å². The highest BCUT2D eigenvalue weighted by Crippen LogP contribution is 2.41. The van der Waals surface area contributed by atoms with Crippen molar-refractivity contribution in [3.8, 4) is 5.75 Å². The van der Waals surface area contributed by atoms with Crippen molar-refractivity contribution in [3.63, 3.8) is 0 Å². The van der Waals surface area contributed by atoms with Crippen molar-refractivity contribution in [2.45, 2.75) is 18.4 Å². The zero-order valence-electron chi connectivity index (χ0n) is 8.33. The van der Waals surface area contributed by atoms with Crippen LogP contribution in [0.3, 0.4) is 0 Å². The first kappa shape index (κ1) is 10.7. The van der Waals surface area contributed by atoms with E-state index >= 15 is 0 Å². The second kappa shape index (κ2) is 4.00. The largest absolute Gasteiger partial charge is 0.476 e. The van der Waals surface area contributed by atoms with Gasteiger partial charge in [0, 0.05) is 16.4 Å². The summed E-state index contributed by atoms with van der Waals surface area (Å²) in [5.41, 5.74) is -0.709. The van der Waals surface area contributed by atoms with Crippen molar-refractivity contribution in [1.82, 2.24) is 0 Å². The van der Waals surface area contributed by atoms with E-state index in [-0.39, 0.29) is 5.97 Å². The average molecular weight is 318 g/mol. The molecule has 0 atom stereocenters. The third-order valence-electron chi connectivity index (χ3n) is 2.37. The minimum absolute atomic E-state index is 0.277. The zero-order chi connectivity index (χ0) is 10.9. The number of carbonyl (C=O) groups is 1. The Labute approximate surface area is 102 Å². The summed E-state index contributed by atoms with van der Waals surface area (Å²) in [5, 5.41) is 0.